The number of amides is 1. The number of fused-ring (bicyclic) bond motifs is 2. The Morgan fingerprint density at radius 3 is 2.28 bits per heavy atom. The lowest BCUT2D eigenvalue weighted by molar-refractivity contribution is -0.138. The lowest BCUT2D eigenvalue weighted by Gasteiger charge is -2.35. The molecule has 308 valence electrons. The highest BCUT2D eigenvalue weighted by Gasteiger charge is 2.28. The van der Waals surface area contributed by atoms with Gasteiger partial charge in [0.25, 0.3) is 0 Å². The minimum Gasteiger partial charge on any atom is -0.481 e. The molecule has 2 aliphatic heterocycles. The number of carboxylic acids is 1. The molecule has 2 aliphatic rings. The summed E-state index contributed by atoms with van der Waals surface area (Å²) in [4.78, 5) is 45.5. The number of nitrogen functional groups attached to an aromatic ring is 1. The molecule has 0 spiro atoms. The Morgan fingerprint density at radius 2 is 1.57 bits per heavy atom. The molecule has 0 unspecified atom stereocenters. The molecule has 0 saturated carbocycles. The Morgan fingerprint density at radius 1 is 0.862 bits per heavy atom. The van der Waals surface area contributed by atoms with Crippen LogP contribution in [0, 0.1) is 11.6 Å². The fourth-order valence-corrected chi connectivity index (χ4v) is 8.22. The van der Waals surface area contributed by atoms with Gasteiger partial charge in [-0.2, -0.15) is 9.97 Å². The lowest BCUT2D eigenvalue weighted by atomic mass is 10.0. The molecular formula is C40H45ClF2N8O6S. The predicted octanol–water partition coefficient (Wildman–Crippen LogP) is 6.15. The number of anilines is 2. The highest BCUT2D eigenvalue weighted by atomic mass is 35.5. The third kappa shape index (κ3) is 10.0. The Labute approximate surface area is 343 Å². The number of hydrogen-bond donors (Lipinski definition) is 2. The number of carbonyl (C=O) groups excluding carboxylic acids is 1. The van der Waals surface area contributed by atoms with Gasteiger partial charge in [0.2, 0.25) is 0 Å². The Hall–Kier alpha value is -4.94. The molecule has 3 aromatic carbocycles. The van der Waals surface area contributed by atoms with Gasteiger partial charge in [-0.15, -0.1) is 0 Å². The largest absolute Gasteiger partial charge is 0.481 e. The van der Waals surface area contributed by atoms with E-state index in [2.05, 4.69) is 19.8 Å². The number of nitrogens with two attached hydrogens (primary N) is 1. The van der Waals surface area contributed by atoms with Crippen molar-refractivity contribution in [3.63, 3.8) is 0 Å². The van der Waals surface area contributed by atoms with E-state index in [1.165, 1.54) is 12.1 Å². The normalized spacial score (nSPS) is 15.4. The van der Waals surface area contributed by atoms with Crippen molar-refractivity contribution in [1.29, 1.82) is 0 Å². The molecule has 0 atom stereocenters. The van der Waals surface area contributed by atoms with E-state index >= 15 is 4.39 Å². The number of carbonyl (C=O) groups is 2. The topological polar surface area (TPSA) is 160 Å². The number of hydrogen-bond acceptors (Lipinski definition) is 13. The number of thiazole rings is 1. The molecule has 7 rings (SSSR count). The van der Waals surface area contributed by atoms with Crippen LogP contribution in [0.5, 0.6) is 6.01 Å². The molecule has 2 aromatic heterocycles. The number of benzene rings is 3. The highest BCUT2D eigenvalue weighted by molar-refractivity contribution is 7.22. The summed E-state index contributed by atoms with van der Waals surface area (Å²) in [5, 5.41) is 9.30. The summed E-state index contributed by atoms with van der Waals surface area (Å²) >= 11 is 7.80. The number of nitrogens with zero attached hydrogens (tertiary/aromatic N) is 7. The van der Waals surface area contributed by atoms with Crippen LogP contribution in [-0.2, 0) is 20.9 Å². The third-order valence-corrected chi connectivity index (χ3v) is 11.4. The predicted molar refractivity (Wildman–Crippen MR) is 219 cm³/mol. The Kier molecular flexibility index (Phi) is 13.7. The van der Waals surface area contributed by atoms with E-state index in [1.807, 2.05) is 35.2 Å². The Bertz CT molecular complexity index is 2220. The van der Waals surface area contributed by atoms with Crippen molar-refractivity contribution in [1.82, 2.24) is 29.7 Å². The summed E-state index contributed by atoms with van der Waals surface area (Å²) in [5.41, 5.74) is 7.29. The molecule has 2 saturated heterocycles. The molecule has 58 heavy (non-hydrogen) atoms. The van der Waals surface area contributed by atoms with E-state index in [0.29, 0.717) is 57.0 Å². The van der Waals surface area contributed by atoms with Gasteiger partial charge in [-0.25, -0.2) is 18.6 Å². The number of ether oxygens (including phenoxy) is 3. The second kappa shape index (κ2) is 19.2. The van der Waals surface area contributed by atoms with E-state index in [4.69, 9.17) is 41.6 Å². The second-order valence-corrected chi connectivity index (χ2v) is 15.5. The maximum absolute atomic E-state index is 16.9. The minimum atomic E-state index is -0.859. The summed E-state index contributed by atoms with van der Waals surface area (Å²) in [6.45, 7) is 8.00. The molecule has 3 N–H and O–H groups in total. The van der Waals surface area contributed by atoms with E-state index in [-0.39, 0.29) is 62.7 Å². The van der Waals surface area contributed by atoms with Crippen molar-refractivity contribution in [3.05, 3.63) is 70.8 Å². The molecule has 18 heteroatoms. The van der Waals surface area contributed by atoms with E-state index < -0.39 is 23.7 Å². The summed E-state index contributed by atoms with van der Waals surface area (Å²) in [5.74, 6) is -1.70. The van der Waals surface area contributed by atoms with Crippen molar-refractivity contribution in [2.45, 2.75) is 25.9 Å². The first-order valence-electron chi connectivity index (χ1n) is 19.3. The Balaban J connectivity index is 1.04. The molecule has 0 radical (unpaired) electrons. The van der Waals surface area contributed by atoms with Gasteiger partial charge in [-0.05, 0) is 36.6 Å². The van der Waals surface area contributed by atoms with E-state index in [9.17, 15) is 14.0 Å². The van der Waals surface area contributed by atoms with Crippen LogP contribution in [0.2, 0.25) is 5.02 Å². The van der Waals surface area contributed by atoms with Crippen LogP contribution < -0.4 is 15.4 Å². The maximum Gasteiger partial charge on any atom is 0.410 e. The van der Waals surface area contributed by atoms with E-state index in [0.717, 1.165) is 62.6 Å². The average Bonchev–Trinajstić information content (AvgIpc) is 3.64. The van der Waals surface area contributed by atoms with Gasteiger partial charge < -0.3 is 44.7 Å². The average molecular weight is 839 g/mol. The number of carboxylic acid groups (broad SMARTS) is 1. The van der Waals surface area contributed by atoms with Crippen LogP contribution in [0.1, 0.15) is 24.8 Å². The number of aliphatic carboxylic acids is 1. The van der Waals surface area contributed by atoms with Gasteiger partial charge in [-0.1, -0.05) is 53.3 Å². The van der Waals surface area contributed by atoms with Gasteiger partial charge in [0.15, 0.2) is 10.9 Å². The summed E-state index contributed by atoms with van der Waals surface area (Å²) in [6, 6.07) is 13.7. The SMILES string of the molecule is Nc1nc2c(-c3c(Cl)cc4c(N5CCN(C(=O)OCc6ccccc6)CC5)nc(OCCCN5CCN(CCCOCCC(=O)O)CC5)nc4c3F)ccc(F)c2s1. The molecule has 0 aliphatic carbocycles. The van der Waals surface area contributed by atoms with Crippen LogP contribution >= 0.6 is 22.9 Å². The first kappa shape index (κ1) is 41.2. The zero-order valence-corrected chi connectivity index (χ0v) is 33.5. The zero-order valence-electron chi connectivity index (χ0n) is 31.9. The van der Waals surface area contributed by atoms with Crippen molar-refractivity contribution in [2.75, 3.05) is 95.9 Å². The molecule has 14 nitrogen and oxygen atoms in total. The fourth-order valence-electron chi connectivity index (χ4n) is 7.16. The molecule has 1 amide bonds. The second-order valence-electron chi connectivity index (χ2n) is 14.1. The van der Waals surface area contributed by atoms with Crippen molar-refractivity contribution in [2.24, 2.45) is 0 Å². The fraction of sp³-hybridized carbons (Fsp3) is 0.425. The maximum atomic E-state index is 16.9. The smallest absolute Gasteiger partial charge is 0.410 e. The minimum absolute atomic E-state index is 0.00285. The number of halogens is 3. The quantitative estimate of drug-likeness (QED) is 0.109. The molecule has 5 aromatic rings. The summed E-state index contributed by atoms with van der Waals surface area (Å²) < 4.78 is 48.9. The summed E-state index contributed by atoms with van der Waals surface area (Å²) in [7, 11) is 0. The highest BCUT2D eigenvalue weighted by Crippen LogP contribution is 2.42. The van der Waals surface area contributed by atoms with Crippen LogP contribution in [0.4, 0.5) is 24.5 Å². The third-order valence-electron chi connectivity index (χ3n) is 10.2. The number of aromatic nitrogens is 3. The van der Waals surface area contributed by atoms with Crippen LogP contribution in [0.15, 0.2) is 48.5 Å². The summed E-state index contributed by atoms with van der Waals surface area (Å²) in [6.07, 6.45) is 1.12. The van der Waals surface area contributed by atoms with Crippen molar-refractivity contribution >= 4 is 67.1 Å². The van der Waals surface area contributed by atoms with Crippen LogP contribution in [0.3, 0.4) is 0 Å². The zero-order chi connectivity index (χ0) is 40.6. The van der Waals surface area contributed by atoms with Crippen molar-refractivity contribution < 1.29 is 37.7 Å². The molecular weight excluding hydrogens is 794 g/mol. The van der Waals surface area contributed by atoms with Crippen LogP contribution in [-0.4, -0.2) is 132 Å². The van der Waals surface area contributed by atoms with Gasteiger partial charge in [0.1, 0.15) is 23.8 Å². The van der Waals surface area contributed by atoms with Crippen LogP contribution in [0.25, 0.3) is 32.2 Å². The van der Waals surface area contributed by atoms with Crippen molar-refractivity contribution in [3.8, 4) is 17.1 Å². The monoisotopic (exact) mass is 838 g/mol. The molecule has 2 fully saturated rings. The number of piperazine rings is 2. The van der Waals surface area contributed by atoms with E-state index in [1.54, 1.807) is 11.0 Å². The molecule has 4 heterocycles. The van der Waals surface area contributed by atoms with Gasteiger partial charge in [0, 0.05) is 88.6 Å². The first-order valence-corrected chi connectivity index (χ1v) is 20.5. The number of rotatable bonds is 16. The lowest BCUT2D eigenvalue weighted by Crippen LogP contribution is -2.49. The van der Waals surface area contributed by atoms with Gasteiger partial charge >= 0.3 is 18.1 Å². The van der Waals surface area contributed by atoms with Gasteiger partial charge in [0.05, 0.1) is 34.9 Å². The molecule has 0 bridgehead atoms. The first-order chi connectivity index (χ1) is 28.1. The van der Waals surface area contributed by atoms with Gasteiger partial charge in [-0.3, -0.25) is 4.79 Å². The standard InChI is InChI=1S/C40H45ClF2N8O6S/c41-29-24-28-34(33(43)32(29)27-8-9-30(42)36-35(27)45-38(44)58-36)46-39(56-22-5-12-49-15-13-48(14-16-49)11-4-21-55-23-10-31(52)53)47-37(28)50-17-19-51(20-18-50)40(54)57-25-26-6-2-1-3-7-26/h1-3,6-9,24H,4-5,10-23,25H2,(H2,44,45)(H,52,53).